The molecule has 2 amide bonds. The van der Waals surface area contributed by atoms with Gasteiger partial charge in [-0.15, -0.1) is 0 Å². The van der Waals surface area contributed by atoms with Gasteiger partial charge >= 0.3 is 12.1 Å². The molecule has 0 saturated heterocycles. The molecule has 8 nitrogen and oxygen atoms in total. The third-order valence-corrected chi connectivity index (χ3v) is 4.85. The SMILES string of the molecule is CN(CC(=O)Nc1ccc(Cl)c(C(F)(F)F)c1)C(=O)COC(=O)c1cc(=O)c2ccccc2o1. The van der Waals surface area contributed by atoms with Crippen LogP contribution in [0.5, 0.6) is 0 Å². The van der Waals surface area contributed by atoms with Crippen molar-refractivity contribution in [2.45, 2.75) is 6.18 Å². The lowest BCUT2D eigenvalue weighted by atomic mass is 10.2. The van der Waals surface area contributed by atoms with E-state index in [1.165, 1.54) is 25.2 Å². The zero-order valence-electron chi connectivity index (χ0n) is 17.4. The summed E-state index contributed by atoms with van der Waals surface area (Å²) in [4.78, 5) is 49.4. The third kappa shape index (κ3) is 5.93. The second-order valence-electron chi connectivity index (χ2n) is 7.04. The molecule has 3 rings (SSSR count). The Kier molecular flexibility index (Phi) is 7.26. The number of anilines is 1. The normalized spacial score (nSPS) is 11.2. The van der Waals surface area contributed by atoms with Crippen LogP contribution in [0.15, 0.2) is 57.7 Å². The van der Waals surface area contributed by atoms with Crippen molar-refractivity contribution in [3.63, 3.8) is 0 Å². The van der Waals surface area contributed by atoms with Crippen LogP contribution in [0.1, 0.15) is 16.1 Å². The summed E-state index contributed by atoms with van der Waals surface area (Å²) >= 11 is 5.53. The molecular formula is C22H16ClF3N2O6. The molecule has 3 aromatic rings. The molecule has 0 aliphatic carbocycles. The first-order chi connectivity index (χ1) is 16.0. The second-order valence-corrected chi connectivity index (χ2v) is 7.44. The minimum absolute atomic E-state index is 0.165. The Morgan fingerprint density at radius 1 is 1.12 bits per heavy atom. The Morgan fingerprint density at radius 3 is 2.53 bits per heavy atom. The molecule has 1 N–H and O–H groups in total. The summed E-state index contributed by atoms with van der Waals surface area (Å²) < 4.78 is 49.0. The van der Waals surface area contributed by atoms with Crippen molar-refractivity contribution >= 4 is 46.0 Å². The average molecular weight is 497 g/mol. The first kappa shape index (κ1) is 24.8. The number of carbonyl (C=O) groups is 3. The molecule has 0 atom stereocenters. The molecule has 1 aromatic heterocycles. The number of halogens is 4. The maximum Gasteiger partial charge on any atom is 0.417 e. The third-order valence-electron chi connectivity index (χ3n) is 4.52. The number of para-hydroxylation sites is 1. The molecule has 0 radical (unpaired) electrons. The Balaban J connectivity index is 1.56. The standard InChI is InChI=1S/C22H16ClF3N2O6/c1-28(10-19(30)27-12-6-7-15(23)14(8-12)22(24,25)26)20(31)11-33-21(32)18-9-16(29)13-4-2-3-5-17(13)34-18/h2-9H,10-11H2,1H3,(H,27,30). The van der Waals surface area contributed by atoms with Crippen LogP contribution < -0.4 is 10.7 Å². The summed E-state index contributed by atoms with van der Waals surface area (Å²) in [5.74, 6) is -3.04. The number of alkyl halides is 3. The molecule has 0 spiro atoms. The van der Waals surface area contributed by atoms with Crippen LogP contribution in [0.3, 0.4) is 0 Å². The van der Waals surface area contributed by atoms with Gasteiger partial charge in [0.25, 0.3) is 5.91 Å². The van der Waals surface area contributed by atoms with Crippen LogP contribution in [0.4, 0.5) is 18.9 Å². The van der Waals surface area contributed by atoms with Crippen LogP contribution in [-0.2, 0) is 20.5 Å². The number of esters is 1. The van der Waals surface area contributed by atoms with Gasteiger partial charge in [0, 0.05) is 18.8 Å². The summed E-state index contributed by atoms with van der Waals surface area (Å²) in [6, 6.07) is 10.0. The minimum atomic E-state index is -4.71. The fraction of sp³-hybridized carbons (Fsp3) is 0.182. The number of likely N-dealkylation sites (N-methyl/N-ethyl adjacent to an activating group) is 1. The van der Waals surface area contributed by atoms with Crippen LogP contribution in [-0.4, -0.2) is 42.9 Å². The topological polar surface area (TPSA) is 106 Å². The quantitative estimate of drug-likeness (QED) is 0.521. The first-order valence-electron chi connectivity index (χ1n) is 9.56. The molecule has 0 unspecified atom stereocenters. The predicted molar refractivity (Wildman–Crippen MR) is 115 cm³/mol. The van der Waals surface area contributed by atoms with Crippen LogP contribution in [0.2, 0.25) is 5.02 Å². The summed E-state index contributed by atoms with van der Waals surface area (Å²) in [5, 5.41) is 1.97. The highest BCUT2D eigenvalue weighted by Gasteiger charge is 2.33. The van der Waals surface area contributed by atoms with Gasteiger partial charge in [0.2, 0.25) is 11.7 Å². The van der Waals surface area contributed by atoms with Crippen LogP contribution in [0.25, 0.3) is 11.0 Å². The number of carbonyl (C=O) groups excluding carboxylic acids is 3. The zero-order chi connectivity index (χ0) is 25.0. The molecular weight excluding hydrogens is 481 g/mol. The Bertz CT molecular complexity index is 1320. The van der Waals surface area contributed by atoms with Gasteiger partial charge in [-0.3, -0.25) is 14.4 Å². The minimum Gasteiger partial charge on any atom is -0.450 e. The van der Waals surface area contributed by atoms with Gasteiger partial charge in [-0.05, 0) is 30.3 Å². The summed E-state index contributed by atoms with van der Waals surface area (Å²) in [7, 11) is 1.23. The molecule has 0 saturated carbocycles. The highest BCUT2D eigenvalue weighted by molar-refractivity contribution is 6.31. The largest absolute Gasteiger partial charge is 0.450 e. The predicted octanol–water partition coefficient (Wildman–Crippen LogP) is 3.72. The molecule has 0 fully saturated rings. The van der Waals surface area contributed by atoms with E-state index >= 15 is 0 Å². The monoisotopic (exact) mass is 496 g/mol. The second kappa shape index (κ2) is 9.96. The van der Waals surface area contributed by atoms with Crippen LogP contribution in [0, 0.1) is 0 Å². The lowest BCUT2D eigenvalue weighted by Gasteiger charge is -2.17. The number of ether oxygens (including phenoxy) is 1. The van der Waals surface area contributed by atoms with E-state index in [1.54, 1.807) is 12.1 Å². The maximum atomic E-state index is 12.9. The summed E-state index contributed by atoms with van der Waals surface area (Å²) in [6.45, 7) is -1.30. The first-order valence-corrected chi connectivity index (χ1v) is 9.94. The smallest absolute Gasteiger partial charge is 0.417 e. The zero-order valence-corrected chi connectivity index (χ0v) is 18.2. The molecule has 0 aliphatic heterocycles. The van der Waals surface area contributed by atoms with Crippen molar-refractivity contribution in [3.8, 4) is 0 Å². The molecule has 12 heteroatoms. The lowest BCUT2D eigenvalue weighted by Crippen LogP contribution is -2.37. The fourth-order valence-corrected chi connectivity index (χ4v) is 3.06. The summed E-state index contributed by atoms with van der Waals surface area (Å²) in [6.07, 6.45) is -4.71. The van der Waals surface area contributed by atoms with Crippen molar-refractivity contribution < 1.29 is 36.7 Å². The highest BCUT2D eigenvalue weighted by atomic mass is 35.5. The van der Waals surface area contributed by atoms with Crippen molar-refractivity contribution in [2.24, 2.45) is 0 Å². The van der Waals surface area contributed by atoms with Crippen molar-refractivity contribution in [1.82, 2.24) is 4.90 Å². The van der Waals surface area contributed by atoms with E-state index in [0.717, 1.165) is 17.0 Å². The van der Waals surface area contributed by atoms with E-state index < -0.39 is 58.9 Å². The number of amides is 2. The van der Waals surface area contributed by atoms with Gasteiger partial charge in [-0.2, -0.15) is 13.2 Å². The van der Waals surface area contributed by atoms with Gasteiger partial charge < -0.3 is 19.4 Å². The van der Waals surface area contributed by atoms with E-state index in [2.05, 4.69) is 5.32 Å². The number of fused-ring (bicyclic) bond motifs is 1. The summed E-state index contributed by atoms with van der Waals surface area (Å²) in [5.41, 5.74) is -1.59. The Morgan fingerprint density at radius 2 is 1.82 bits per heavy atom. The van der Waals surface area contributed by atoms with Crippen molar-refractivity contribution in [1.29, 1.82) is 0 Å². The molecule has 0 aliphatic rings. The van der Waals surface area contributed by atoms with Gasteiger partial charge in [0.05, 0.1) is 22.5 Å². The van der Waals surface area contributed by atoms with E-state index in [0.29, 0.717) is 6.07 Å². The number of nitrogens with zero attached hydrogens (tertiary/aromatic N) is 1. The number of benzene rings is 2. The molecule has 178 valence electrons. The number of hydrogen-bond donors (Lipinski definition) is 1. The Labute approximate surface area is 194 Å². The van der Waals surface area contributed by atoms with E-state index in [-0.39, 0.29) is 16.7 Å². The molecule has 2 aromatic carbocycles. The van der Waals surface area contributed by atoms with E-state index in [9.17, 15) is 32.3 Å². The molecule has 0 bridgehead atoms. The molecule has 34 heavy (non-hydrogen) atoms. The fourth-order valence-electron chi connectivity index (χ4n) is 2.84. The Hall–Kier alpha value is -3.86. The lowest BCUT2D eigenvalue weighted by molar-refractivity contribution is -0.137. The van der Waals surface area contributed by atoms with Gasteiger partial charge in [0.15, 0.2) is 12.0 Å². The van der Waals surface area contributed by atoms with Crippen molar-refractivity contribution in [3.05, 3.63) is 75.1 Å². The molecule has 1 heterocycles. The number of nitrogens with one attached hydrogen (secondary N) is 1. The average Bonchev–Trinajstić information content (AvgIpc) is 2.77. The van der Waals surface area contributed by atoms with Gasteiger partial charge in [-0.1, -0.05) is 23.7 Å². The van der Waals surface area contributed by atoms with Crippen molar-refractivity contribution in [2.75, 3.05) is 25.5 Å². The van der Waals surface area contributed by atoms with E-state index in [1.807, 2.05) is 0 Å². The maximum absolute atomic E-state index is 12.9. The number of rotatable bonds is 6. The van der Waals surface area contributed by atoms with Gasteiger partial charge in [0.1, 0.15) is 5.58 Å². The van der Waals surface area contributed by atoms with E-state index in [4.69, 9.17) is 20.8 Å². The van der Waals surface area contributed by atoms with Gasteiger partial charge in [-0.25, -0.2) is 4.79 Å². The number of hydrogen-bond acceptors (Lipinski definition) is 6. The highest BCUT2D eigenvalue weighted by Crippen LogP contribution is 2.36. The van der Waals surface area contributed by atoms with Crippen LogP contribution >= 0.6 is 11.6 Å².